The summed E-state index contributed by atoms with van der Waals surface area (Å²) in [6, 6.07) is 0.319. The van der Waals surface area contributed by atoms with Crippen molar-refractivity contribution in [2.45, 2.75) is 50.4 Å². The van der Waals surface area contributed by atoms with E-state index in [4.69, 9.17) is 4.74 Å². The second-order valence-electron chi connectivity index (χ2n) is 5.38. The molecule has 0 bridgehead atoms. The Labute approximate surface area is 105 Å². The predicted molar refractivity (Wildman–Crippen MR) is 69.9 cm³/mol. The highest BCUT2D eigenvalue weighted by molar-refractivity contribution is 7.91. The fourth-order valence-electron chi connectivity index (χ4n) is 2.52. The predicted octanol–water partition coefficient (Wildman–Crippen LogP) is 1.21. The topological polar surface area (TPSA) is 55.4 Å². The summed E-state index contributed by atoms with van der Waals surface area (Å²) in [5.74, 6) is 0.441. The molecule has 1 rings (SSSR count). The van der Waals surface area contributed by atoms with E-state index in [1.807, 2.05) is 0 Å². The summed E-state index contributed by atoms with van der Waals surface area (Å²) in [7, 11) is -1.26. The molecule has 3 atom stereocenters. The molecule has 4 nitrogen and oxygen atoms in total. The Morgan fingerprint density at radius 3 is 2.47 bits per heavy atom. The first-order valence-electron chi connectivity index (χ1n) is 6.30. The summed E-state index contributed by atoms with van der Waals surface area (Å²) in [4.78, 5) is 0. The molecular weight excluding hydrogens is 238 g/mol. The Balaban J connectivity index is 2.65. The minimum absolute atomic E-state index is 0.0903. The van der Waals surface area contributed by atoms with Crippen LogP contribution >= 0.6 is 0 Å². The van der Waals surface area contributed by atoms with E-state index in [1.54, 1.807) is 7.11 Å². The molecule has 1 N–H and O–H groups in total. The maximum absolute atomic E-state index is 11.7. The molecule has 0 aromatic rings. The smallest absolute Gasteiger partial charge is 0.151 e. The van der Waals surface area contributed by atoms with Crippen LogP contribution in [-0.2, 0) is 14.6 Å². The first-order valence-corrected chi connectivity index (χ1v) is 8.25. The number of nitrogens with one attached hydrogen (secondary N) is 1. The summed E-state index contributed by atoms with van der Waals surface area (Å²) in [6.07, 6.45) is 4.07. The maximum atomic E-state index is 11.7. The van der Waals surface area contributed by atoms with Crippen LogP contribution < -0.4 is 5.32 Å². The van der Waals surface area contributed by atoms with Gasteiger partial charge in [0.1, 0.15) is 0 Å². The van der Waals surface area contributed by atoms with Gasteiger partial charge in [0.25, 0.3) is 0 Å². The molecule has 0 heterocycles. The van der Waals surface area contributed by atoms with Gasteiger partial charge in [0, 0.05) is 25.4 Å². The minimum atomic E-state index is -2.94. The molecular formula is C12H25NO3S. The molecule has 3 unspecified atom stereocenters. The van der Waals surface area contributed by atoms with Crippen molar-refractivity contribution in [1.29, 1.82) is 0 Å². The van der Waals surface area contributed by atoms with Crippen molar-refractivity contribution >= 4 is 9.84 Å². The van der Waals surface area contributed by atoms with Crippen molar-refractivity contribution in [1.82, 2.24) is 5.32 Å². The Kier molecular flexibility index (Phi) is 5.41. The molecule has 0 radical (unpaired) electrons. The zero-order valence-corrected chi connectivity index (χ0v) is 12.1. The molecule has 0 spiro atoms. The highest BCUT2D eigenvalue weighted by Gasteiger charge is 2.36. The van der Waals surface area contributed by atoms with Crippen molar-refractivity contribution in [3.63, 3.8) is 0 Å². The van der Waals surface area contributed by atoms with Crippen LogP contribution in [-0.4, -0.2) is 45.7 Å². The first-order chi connectivity index (χ1) is 7.86. The van der Waals surface area contributed by atoms with E-state index in [9.17, 15) is 8.42 Å². The van der Waals surface area contributed by atoms with Crippen molar-refractivity contribution in [3.05, 3.63) is 0 Å². The number of rotatable bonds is 6. The van der Waals surface area contributed by atoms with E-state index in [0.717, 1.165) is 19.3 Å². The van der Waals surface area contributed by atoms with E-state index in [0.29, 0.717) is 12.5 Å². The average molecular weight is 263 g/mol. The van der Waals surface area contributed by atoms with E-state index in [2.05, 4.69) is 19.2 Å². The third kappa shape index (κ3) is 4.23. The lowest BCUT2D eigenvalue weighted by Crippen LogP contribution is -2.49. The van der Waals surface area contributed by atoms with E-state index < -0.39 is 9.84 Å². The summed E-state index contributed by atoms with van der Waals surface area (Å²) < 4.78 is 28.5. The molecule has 0 saturated heterocycles. The Morgan fingerprint density at radius 2 is 2.00 bits per heavy atom. The second-order valence-corrected chi connectivity index (χ2v) is 7.64. The Bertz CT molecular complexity index is 327. The molecule has 0 aromatic carbocycles. The maximum Gasteiger partial charge on any atom is 0.151 e. The number of methoxy groups -OCH3 is 1. The van der Waals surface area contributed by atoms with Gasteiger partial charge in [-0.3, -0.25) is 0 Å². The molecule has 0 aliphatic heterocycles. The molecule has 1 aliphatic carbocycles. The molecule has 0 aromatic heterocycles. The number of hydrogen-bond donors (Lipinski definition) is 1. The van der Waals surface area contributed by atoms with Crippen LogP contribution in [0.3, 0.4) is 0 Å². The highest BCUT2D eigenvalue weighted by Crippen LogP contribution is 2.26. The van der Waals surface area contributed by atoms with Crippen molar-refractivity contribution in [2.24, 2.45) is 5.92 Å². The van der Waals surface area contributed by atoms with Crippen LogP contribution in [0.4, 0.5) is 0 Å². The molecule has 1 saturated carbocycles. The zero-order valence-electron chi connectivity index (χ0n) is 11.3. The molecule has 17 heavy (non-hydrogen) atoms. The second kappa shape index (κ2) is 6.16. The van der Waals surface area contributed by atoms with Gasteiger partial charge in [-0.15, -0.1) is 0 Å². The molecule has 5 heteroatoms. The van der Waals surface area contributed by atoms with Crippen LogP contribution in [0.25, 0.3) is 0 Å². The van der Waals surface area contributed by atoms with Crippen molar-refractivity contribution < 1.29 is 13.2 Å². The lowest BCUT2D eigenvalue weighted by Gasteiger charge is -2.28. The zero-order chi connectivity index (χ0) is 13.1. The van der Waals surface area contributed by atoms with E-state index in [1.165, 1.54) is 6.26 Å². The largest absolute Gasteiger partial charge is 0.383 e. The van der Waals surface area contributed by atoms with E-state index >= 15 is 0 Å². The number of ether oxygens (including phenoxy) is 1. The van der Waals surface area contributed by atoms with Gasteiger partial charge in [0.15, 0.2) is 9.84 Å². The van der Waals surface area contributed by atoms with Crippen molar-refractivity contribution in [2.75, 3.05) is 20.0 Å². The summed E-state index contributed by atoms with van der Waals surface area (Å²) in [5.41, 5.74) is 0. The first kappa shape index (κ1) is 14.9. The average Bonchev–Trinajstić information content (AvgIpc) is 2.64. The van der Waals surface area contributed by atoms with Crippen LogP contribution in [0.2, 0.25) is 0 Å². The molecule has 0 amide bonds. The third-order valence-corrected chi connectivity index (χ3v) is 5.25. The van der Waals surface area contributed by atoms with Gasteiger partial charge in [0.2, 0.25) is 0 Å². The summed E-state index contributed by atoms with van der Waals surface area (Å²) in [5, 5.41) is 3.25. The molecule has 1 fully saturated rings. The minimum Gasteiger partial charge on any atom is -0.383 e. The normalized spacial score (nSPS) is 27.6. The quantitative estimate of drug-likeness (QED) is 0.782. The summed E-state index contributed by atoms with van der Waals surface area (Å²) >= 11 is 0. The van der Waals surface area contributed by atoms with Gasteiger partial charge in [-0.25, -0.2) is 8.42 Å². The van der Waals surface area contributed by atoms with Gasteiger partial charge >= 0.3 is 0 Å². The third-order valence-electron chi connectivity index (χ3n) is 3.58. The SMILES string of the molecule is COCC(NC1CCCC1S(C)(=O)=O)C(C)C. The standard InChI is InChI=1S/C12H25NO3S/c1-9(2)11(8-16-3)13-10-6-5-7-12(10)17(4,14)15/h9-13H,5-8H2,1-4H3. The Morgan fingerprint density at radius 1 is 1.35 bits per heavy atom. The van der Waals surface area contributed by atoms with Gasteiger partial charge in [-0.2, -0.15) is 0 Å². The fraction of sp³-hybridized carbons (Fsp3) is 1.00. The van der Waals surface area contributed by atoms with Gasteiger partial charge in [-0.1, -0.05) is 20.3 Å². The van der Waals surface area contributed by atoms with Gasteiger partial charge < -0.3 is 10.1 Å². The fourth-order valence-corrected chi connectivity index (χ4v) is 3.92. The van der Waals surface area contributed by atoms with Crippen molar-refractivity contribution in [3.8, 4) is 0 Å². The number of hydrogen-bond acceptors (Lipinski definition) is 4. The monoisotopic (exact) mass is 263 g/mol. The van der Waals surface area contributed by atoms with Gasteiger partial charge in [0.05, 0.1) is 11.9 Å². The van der Waals surface area contributed by atoms with E-state index in [-0.39, 0.29) is 17.3 Å². The summed E-state index contributed by atoms with van der Waals surface area (Å²) in [6.45, 7) is 4.88. The van der Waals surface area contributed by atoms with Crippen LogP contribution in [0.1, 0.15) is 33.1 Å². The molecule has 1 aliphatic rings. The number of sulfone groups is 1. The Hall–Kier alpha value is -0.130. The van der Waals surface area contributed by atoms with Crippen LogP contribution in [0.15, 0.2) is 0 Å². The highest BCUT2D eigenvalue weighted by atomic mass is 32.2. The van der Waals surface area contributed by atoms with Crippen LogP contribution in [0.5, 0.6) is 0 Å². The van der Waals surface area contributed by atoms with Gasteiger partial charge in [-0.05, 0) is 18.8 Å². The lowest BCUT2D eigenvalue weighted by atomic mass is 10.0. The lowest BCUT2D eigenvalue weighted by molar-refractivity contribution is 0.140. The van der Waals surface area contributed by atoms with Crippen LogP contribution in [0, 0.1) is 5.92 Å². The molecule has 102 valence electrons.